The predicted molar refractivity (Wildman–Crippen MR) is 114 cm³/mol. The highest BCUT2D eigenvalue weighted by molar-refractivity contribution is 6.00. The standard InChI is InChI=1S/C22H20N6O2/c1-15-4-3-5-19(16(15)2)27-22(29)26-17-6-8-18(9-7-17)30-21-12-20(24-13-25-21)28-11-10-23-14-28/h3-14H,1-2H3,(H2,26,27,29). The third-order valence-electron chi connectivity index (χ3n) is 4.58. The van der Waals surface area contributed by atoms with E-state index in [1.807, 2.05) is 32.0 Å². The molecule has 0 atom stereocenters. The Kier molecular flexibility index (Phi) is 5.38. The van der Waals surface area contributed by atoms with E-state index in [9.17, 15) is 4.79 Å². The van der Waals surface area contributed by atoms with Crippen molar-refractivity contribution in [1.29, 1.82) is 0 Å². The average molecular weight is 400 g/mol. The molecular weight excluding hydrogens is 380 g/mol. The third kappa shape index (κ3) is 4.44. The number of carbonyl (C=O) groups is 1. The number of ether oxygens (including phenoxy) is 1. The maximum Gasteiger partial charge on any atom is 0.323 e. The Morgan fingerprint density at radius 1 is 1.03 bits per heavy atom. The van der Waals surface area contributed by atoms with Crippen LogP contribution in [0.25, 0.3) is 5.82 Å². The first-order valence-electron chi connectivity index (χ1n) is 9.31. The SMILES string of the molecule is Cc1cccc(NC(=O)Nc2ccc(Oc3cc(-n4ccnc4)ncn3)cc2)c1C. The molecule has 4 rings (SSSR count). The van der Waals surface area contributed by atoms with E-state index >= 15 is 0 Å². The number of aromatic nitrogens is 4. The largest absolute Gasteiger partial charge is 0.439 e. The number of carbonyl (C=O) groups excluding carboxylic acids is 1. The van der Waals surface area contributed by atoms with Crippen LogP contribution in [-0.2, 0) is 0 Å². The fourth-order valence-electron chi connectivity index (χ4n) is 2.82. The monoisotopic (exact) mass is 400 g/mol. The van der Waals surface area contributed by atoms with E-state index in [2.05, 4.69) is 25.6 Å². The zero-order chi connectivity index (χ0) is 20.9. The normalized spacial score (nSPS) is 10.5. The summed E-state index contributed by atoms with van der Waals surface area (Å²) in [5, 5.41) is 5.68. The summed E-state index contributed by atoms with van der Waals surface area (Å²) in [5.74, 6) is 1.65. The summed E-state index contributed by atoms with van der Waals surface area (Å²) in [7, 11) is 0. The van der Waals surface area contributed by atoms with Gasteiger partial charge in [0, 0.05) is 29.8 Å². The lowest BCUT2D eigenvalue weighted by Crippen LogP contribution is -2.20. The number of urea groups is 1. The first-order chi connectivity index (χ1) is 14.6. The third-order valence-corrected chi connectivity index (χ3v) is 4.58. The average Bonchev–Trinajstić information content (AvgIpc) is 3.28. The zero-order valence-corrected chi connectivity index (χ0v) is 16.5. The molecule has 0 spiro atoms. The van der Waals surface area contributed by atoms with Crippen molar-refractivity contribution in [2.24, 2.45) is 0 Å². The minimum Gasteiger partial charge on any atom is -0.439 e. The molecule has 2 heterocycles. The quantitative estimate of drug-likeness (QED) is 0.506. The Labute approximate surface area is 173 Å². The molecule has 30 heavy (non-hydrogen) atoms. The summed E-state index contributed by atoms with van der Waals surface area (Å²) < 4.78 is 7.55. The van der Waals surface area contributed by atoms with E-state index in [1.165, 1.54) is 6.33 Å². The molecule has 0 radical (unpaired) electrons. The molecule has 0 aliphatic rings. The highest BCUT2D eigenvalue weighted by Gasteiger charge is 2.07. The fourth-order valence-corrected chi connectivity index (χ4v) is 2.82. The van der Waals surface area contributed by atoms with E-state index in [-0.39, 0.29) is 6.03 Å². The van der Waals surface area contributed by atoms with E-state index in [4.69, 9.17) is 4.74 Å². The summed E-state index contributed by atoms with van der Waals surface area (Å²) >= 11 is 0. The number of aryl methyl sites for hydroxylation is 1. The minimum atomic E-state index is -0.307. The second kappa shape index (κ2) is 8.44. The first kappa shape index (κ1) is 19.1. The van der Waals surface area contributed by atoms with Gasteiger partial charge in [-0.1, -0.05) is 12.1 Å². The van der Waals surface area contributed by atoms with Crippen LogP contribution in [0.5, 0.6) is 11.6 Å². The Balaban J connectivity index is 1.39. The van der Waals surface area contributed by atoms with Crippen molar-refractivity contribution in [2.45, 2.75) is 13.8 Å². The highest BCUT2D eigenvalue weighted by atomic mass is 16.5. The molecule has 2 N–H and O–H groups in total. The molecule has 2 amide bonds. The fraction of sp³-hybridized carbons (Fsp3) is 0.0909. The Hall–Kier alpha value is -4.20. The maximum absolute atomic E-state index is 12.3. The molecular formula is C22H20N6O2. The lowest BCUT2D eigenvalue weighted by atomic mass is 10.1. The van der Waals surface area contributed by atoms with Gasteiger partial charge in [-0.15, -0.1) is 0 Å². The number of hydrogen-bond acceptors (Lipinski definition) is 5. The molecule has 150 valence electrons. The van der Waals surface area contributed by atoms with Crippen LogP contribution in [-0.4, -0.2) is 25.6 Å². The van der Waals surface area contributed by atoms with Crippen LogP contribution in [0.2, 0.25) is 0 Å². The summed E-state index contributed by atoms with van der Waals surface area (Å²) in [4.78, 5) is 24.6. The number of nitrogens with one attached hydrogen (secondary N) is 2. The second-order valence-electron chi connectivity index (χ2n) is 6.64. The second-order valence-corrected chi connectivity index (χ2v) is 6.64. The molecule has 0 aliphatic heterocycles. The Morgan fingerprint density at radius 2 is 1.87 bits per heavy atom. The van der Waals surface area contributed by atoms with Crippen molar-refractivity contribution >= 4 is 17.4 Å². The van der Waals surface area contributed by atoms with Gasteiger partial charge in [-0.25, -0.2) is 19.7 Å². The molecule has 2 aromatic heterocycles. The van der Waals surface area contributed by atoms with Gasteiger partial charge in [-0.3, -0.25) is 4.57 Å². The van der Waals surface area contributed by atoms with Crippen molar-refractivity contribution in [2.75, 3.05) is 10.6 Å². The van der Waals surface area contributed by atoms with Crippen molar-refractivity contribution in [3.8, 4) is 17.4 Å². The molecule has 0 saturated heterocycles. The number of imidazole rings is 1. The lowest BCUT2D eigenvalue weighted by molar-refractivity contribution is 0.262. The van der Waals surface area contributed by atoms with Crippen LogP contribution in [0.15, 0.2) is 73.6 Å². The van der Waals surface area contributed by atoms with Crippen molar-refractivity contribution in [3.05, 3.63) is 84.7 Å². The molecule has 4 aromatic rings. The summed E-state index contributed by atoms with van der Waals surface area (Å²) in [5.41, 5.74) is 3.59. The predicted octanol–water partition coefficient (Wildman–Crippen LogP) is 4.72. The molecule has 0 fully saturated rings. The molecule has 0 saturated carbocycles. The zero-order valence-electron chi connectivity index (χ0n) is 16.5. The van der Waals surface area contributed by atoms with Gasteiger partial charge < -0.3 is 15.4 Å². The number of benzene rings is 2. The summed E-state index contributed by atoms with van der Waals surface area (Å²) in [6, 6.07) is 14.2. The van der Waals surface area contributed by atoms with Gasteiger partial charge in [-0.05, 0) is 55.3 Å². The summed E-state index contributed by atoms with van der Waals surface area (Å²) in [6.07, 6.45) is 6.54. The van der Waals surface area contributed by atoms with Crippen LogP contribution < -0.4 is 15.4 Å². The van der Waals surface area contributed by atoms with Crippen LogP contribution in [0.1, 0.15) is 11.1 Å². The van der Waals surface area contributed by atoms with Gasteiger partial charge in [0.2, 0.25) is 5.88 Å². The molecule has 0 aliphatic carbocycles. The Bertz CT molecular complexity index is 1160. The molecule has 0 bridgehead atoms. The number of nitrogens with zero attached hydrogens (tertiary/aromatic N) is 4. The molecule has 0 unspecified atom stereocenters. The van der Waals surface area contributed by atoms with Gasteiger partial charge in [-0.2, -0.15) is 0 Å². The van der Waals surface area contributed by atoms with Gasteiger partial charge in [0.25, 0.3) is 0 Å². The van der Waals surface area contributed by atoms with Crippen molar-refractivity contribution < 1.29 is 9.53 Å². The van der Waals surface area contributed by atoms with Gasteiger partial charge in [0.05, 0.1) is 0 Å². The Morgan fingerprint density at radius 3 is 2.63 bits per heavy atom. The van der Waals surface area contributed by atoms with Crippen LogP contribution >= 0.6 is 0 Å². The van der Waals surface area contributed by atoms with Gasteiger partial charge in [0.15, 0.2) is 0 Å². The van der Waals surface area contributed by atoms with E-state index in [0.717, 1.165) is 16.8 Å². The van der Waals surface area contributed by atoms with Gasteiger partial charge in [0.1, 0.15) is 24.2 Å². The van der Waals surface area contributed by atoms with E-state index in [1.54, 1.807) is 53.6 Å². The van der Waals surface area contributed by atoms with Crippen molar-refractivity contribution in [1.82, 2.24) is 19.5 Å². The molecule has 2 aromatic carbocycles. The lowest BCUT2D eigenvalue weighted by Gasteiger charge is -2.12. The van der Waals surface area contributed by atoms with Gasteiger partial charge >= 0.3 is 6.03 Å². The number of anilines is 2. The van der Waals surface area contributed by atoms with E-state index < -0.39 is 0 Å². The highest BCUT2D eigenvalue weighted by Crippen LogP contribution is 2.23. The van der Waals surface area contributed by atoms with Crippen molar-refractivity contribution in [3.63, 3.8) is 0 Å². The van der Waals surface area contributed by atoms with E-state index in [0.29, 0.717) is 23.1 Å². The summed E-state index contributed by atoms with van der Waals surface area (Å²) in [6.45, 7) is 3.98. The van der Waals surface area contributed by atoms with Crippen LogP contribution in [0.4, 0.5) is 16.2 Å². The first-order valence-corrected chi connectivity index (χ1v) is 9.31. The van der Waals surface area contributed by atoms with Crippen LogP contribution in [0, 0.1) is 13.8 Å². The minimum absolute atomic E-state index is 0.307. The number of rotatable bonds is 5. The number of hydrogen-bond donors (Lipinski definition) is 2. The molecule has 8 heteroatoms. The number of amides is 2. The topological polar surface area (TPSA) is 94.0 Å². The molecule has 8 nitrogen and oxygen atoms in total. The smallest absolute Gasteiger partial charge is 0.323 e. The van der Waals surface area contributed by atoms with Crippen LogP contribution in [0.3, 0.4) is 0 Å². The maximum atomic E-state index is 12.3.